The van der Waals surface area contributed by atoms with E-state index in [0.29, 0.717) is 11.3 Å². The van der Waals surface area contributed by atoms with Crippen molar-refractivity contribution < 1.29 is 19.5 Å². The third-order valence-corrected chi connectivity index (χ3v) is 6.33. The van der Waals surface area contributed by atoms with Crippen molar-refractivity contribution >= 4 is 34.4 Å². The van der Waals surface area contributed by atoms with Crippen molar-refractivity contribution in [1.29, 1.82) is 0 Å². The number of hydrogen-bond donors (Lipinski definition) is 1. The molecule has 1 aliphatic heterocycles. The Labute approximate surface area is 168 Å². The average molecular weight is 397 g/mol. The van der Waals surface area contributed by atoms with E-state index < -0.39 is 23.3 Å². The molecule has 0 aliphatic carbocycles. The third-order valence-electron chi connectivity index (χ3n) is 5.17. The quantitative estimate of drug-likeness (QED) is 0.826. The number of aliphatic carboxylic acids is 1. The summed E-state index contributed by atoms with van der Waals surface area (Å²) in [5.74, 6) is -1.52. The molecule has 0 aromatic heterocycles. The molecule has 28 heavy (non-hydrogen) atoms. The molecule has 6 heteroatoms. The summed E-state index contributed by atoms with van der Waals surface area (Å²) in [5.41, 5.74) is 1.36. The first-order chi connectivity index (χ1) is 13.2. The highest BCUT2D eigenvalue weighted by Gasteiger charge is 2.51. The number of thioether (sulfide) groups is 1. The molecule has 0 radical (unpaired) electrons. The highest BCUT2D eigenvalue weighted by Crippen LogP contribution is 2.45. The molecule has 1 heterocycles. The standard InChI is InChI=1S/C22H23NO4S/c1-14(13-28-21(27)15-9-5-4-6-10-15)19(24)23-17-12-8-7-11-16(17)22(2,3)18(23)20(25)26/h4-12,14,18H,13H2,1-3H3,(H,25,26). The number of amides is 1. The molecule has 0 fully saturated rings. The number of para-hydroxylation sites is 1. The molecule has 0 spiro atoms. The Balaban J connectivity index is 1.80. The minimum atomic E-state index is -1.03. The van der Waals surface area contributed by atoms with Crippen molar-refractivity contribution in [3.63, 3.8) is 0 Å². The lowest BCUT2D eigenvalue weighted by Crippen LogP contribution is -2.51. The Kier molecular flexibility index (Phi) is 5.61. The van der Waals surface area contributed by atoms with E-state index in [9.17, 15) is 19.5 Å². The number of carbonyl (C=O) groups excluding carboxylic acids is 2. The van der Waals surface area contributed by atoms with E-state index in [2.05, 4.69) is 0 Å². The summed E-state index contributed by atoms with van der Waals surface area (Å²) in [5, 5.41) is 9.74. The molecule has 3 rings (SSSR count). The van der Waals surface area contributed by atoms with Gasteiger partial charge in [-0.3, -0.25) is 14.5 Å². The molecule has 2 unspecified atom stereocenters. The van der Waals surface area contributed by atoms with Crippen molar-refractivity contribution in [2.75, 3.05) is 10.7 Å². The number of benzene rings is 2. The van der Waals surface area contributed by atoms with E-state index >= 15 is 0 Å². The fraction of sp³-hybridized carbons (Fsp3) is 0.318. The highest BCUT2D eigenvalue weighted by atomic mass is 32.2. The second-order valence-electron chi connectivity index (χ2n) is 7.55. The molecule has 1 aliphatic rings. The third kappa shape index (κ3) is 3.56. The van der Waals surface area contributed by atoms with Gasteiger partial charge in [0.15, 0.2) is 0 Å². The lowest BCUT2D eigenvalue weighted by Gasteiger charge is -2.31. The van der Waals surface area contributed by atoms with E-state index in [4.69, 9.17) is 0 Å². The average Bonchev–Trinajstić information content (AvgIpc) is 2.93. The zero-order valence-electron chi connectivity index (χ0n) is 16.1. The summed E-state index contributed by atoms with van der Waals surface area (Å²) >= 11 is 1.08. The summed E-state index contributed by atoms with van der Waals surface area (Å²) in [6, 6.07) is 15.2. The van der Waals surface area contributed by atoms with Crippen LogP contribution in [0.3, 0.4) is 0 Å². The number of carbonyl (C=O) groups is 3. The largest absolute Gasteiger partial charge is 0.480 e. The Hall–Kier alpha value is -2.60. The van der Waals surface area contributed by atoms with Gasteiger partial charge in [-0.05, 0) is 11.6 Å². The predicted molar refractivity (Wildman–Crippen MR) is 111 cm³/mol. The molecule has 2 aromatic rings. The maximum atomic E-state index is 13.2. The van der Waals surface area contributed by atoms with E-state index in [0.717, 1.165) is 17.3 Å². The van der Waals surface area contributed by atoms with Crippen molar-refractivity contribution in [2.24, 2.45) is 5.92 Å². The van der Waals surface area contributed by atoms with Gasteiger partial charge in [0.25, 0.3) is 0 Å². The van der Waals surface area contributed by atoms with Crippen LogP contribution in [0.5, 0.6) is 0 Å². The van der Waals surface area contributed by atoms with Crippen LogP contribution in [-0.2, 0) is 15.0 Å². The van der Waals surface area contributed by atoms with Gasteiger partial charge in [-0.2, -0.15) is 0 Å². The minimum absolute atomic E-state index is 0.0998. The normalized spacial score (nSPS) is 18.4. The second kappa shape index (κ2) is 7.80. The monoisotopic (exact) mass is 397 g/mol. The Morgan fingerprint density at radius 1 is 1.07 bits per heavy atom. The van der Waals surface area contributed by atoms with Crippen LogP contribution in [0, 0.1) is 5.92 Å². The lowest BCUT2D eigenvalue weighted by atomic mass is 9.80. The summed E-state index contributed by atoms with van der Waals surface area (Å²) in [6.45, 7) is 5.42. The highest BCUT2D eigenvalue weighted by molar-refractivity contribution is 8.14. The van der Waals surface area contributed by atoms with Crippen LogP contribution in [0.15, 0.2) is 54.6 Å². The van der Waals surface area contributed by atoms with Crippen LogP contribution >= 0.6 is 11.8 Å². The fourth-order valence-electron chi connectivity index (χ4n) is 3.67. The molecule has 1 amide bonds. The first kappa shape index (κ1) is 20.1. The van der Waals surface area contributed by atoms with Gasteiger partial charge in [0.2, 0.25) is 11.0 Å². The van der Waals surface area contributed by atoms with Gasteiger partial charge in [-0.25, -0.2) is 4.79 Å². The van der Waals surface area contributed by atoms with Crippen LogP contribution in [0.1, 0.15) is 36.7 Å². The zero-order valence-corrected chi connectivity index (χ0v) is 16.9. The second-order valence-corrected chi connectivity index (χ2v) is 8.55. The Morgan fingerprint density at radius 3 is 2.32 bits per heavy atom. The molecule has 5 nitrogen and oxygen atoms in total. The number of hydrogen-bond acceptors (Lipinski definition) is 4. The van der Waals surface area contributed by atoms with Gasteiger partial charge >= 0.3 is 5.97 Å². The first-order valence-corrected chi connectivity index (χ1v) is 10.1. The summed E-state index contributed by atoms with van der Waals surface area (Å²) < 4.78 is 0. The fourth-order valence-corrected chi connectivity index (χ4v) is 4.52. The number of rotatable bonds is 5. The maximum absolute atomic E-state index is 13.2. The smallest absolute Gasteiger partial charge is 0.327 e. The van der Waals surface area contributed by atoms with Crippen LogP contribution < -0.4 is 4.90 Å². The molecule has 1 N–H and O–H groups in total. The van der Waals surface area contributed by atoms with Gasteiger partial charge in [0, 0.05) is 28.3 Å². The number of nitrogens with zero attached hydrogens (tertiary/aromatic N) is 1. The molecular weight excluding hydrogens is 374 g/mol. The molecule has 2 aromatic carbocycles. The van der Waals surface area contributed by atoms with Gasteiger partial charge in [-0.1, -0.05) is 81.1 Å². The molecule has 2 atom stereocenters. The molecule has 146 valence electrons. The molecule has 0 saturated carbocycles. The Morgan fingerprint density at radius 2 is 1.68 bits per heavy atom. The van der Waals surface area contributed by atoms with E-state index in [1.165, 1.54) is 4.90 Å². The van der Waals surface area contributed by atoms with Crippen molar-refractivity contribution in [3.05, 3.63) is 65.7 Å². The number of carboxylic acids is 1. The van der Waals surface area contributed by atoms with Gasteiger partial charge in [0.05, 0.1) is 0 Å². The van der Waals surface area contributed by atoms with Crippen molar-refractivity contribution in [1.82, 2.24) is 0 Å². The summed E-state index contributed by atoms with van der Waals surface area (Å²) in [7, 11) is 0. The zero-order chi connectivity index (χ0) is 20.5. The van der Waals surface area contributed by atoms with E-state index in [-0.39, 0.29) is 16.8 Å². The molecule has 0 saturated heterocycles. The van der Waals surface area contributed by atoms with Crippen LogP contribution in [-0.4, -0.2) is 33.9 Å². The number of carboxylic acid groups (broad SMARTS) is 1. The van der Waals surface area contributed by atoms with E-state index in [1.54, 1.807) is 43.3 Å². The van der Waals surface area contributed by atoms with Crippen LogP contribution in [0.25, 0.3) is 0 Å². The SMILES string of the molecule is CC(CSC(=O)c1ccccc1)C(=O)N1c2ccccc2C(C)(C)C1C(=O)O. The summed E-state index contributed by atoms with van der Waals surface area (Å²) in [6.07, 6.45) is 0. The van der Waals surface area contributed by atoms with Gasteiger partial charge in [0.1, 0.15) is 6.04 Å². The Bertz CT molecular complexity index is 910. The molecular formula is C22H23NO4S. The van der Waals surface area contributed by atoms with Crippen molar-refractivity contribution in [2.45, 2.75) is 32.2 Å². The van der Waals surface area contributed by atoms with Gasteiger partial charge in [-0.15, -0.1) is 0 Å². The first-order valence-electron chi connectivity index (χ1n) is 9.12. The summed E-state index contributed by atoms with van der Waals surface area (Å²) in [4.78, 5) is 38.9. The van der Waals surface area contributed by atoms with Crippen molar-refractivity contribution in [3.8, 4) is 0 Å². The number of fused-ring (bicyclic) bond motifs is 1. The predicted octanol–water partition coefficient (Wildman–Crippen LogP) is 3.97. The van der Waals surface area contributed by atoms with Gasteiger partial charge < -0.3 is 5.11 Å². The minimum Gasteiger partial charge on any atom is -0.480 e. The topological polar surface area (TPSA) is 74.7 Å². The van der Waals surface area contributed by atoms with Crippen LogP contribution in [0.2, 0.25) is 0 Å². The van der Waals surface area contributed by atoms with E-state index in [1.807, 2.05) is 32.0 Å². The maximum Gasteiger partial charge on any atom is 0.327 e. The number of anilines is 1. The van der Waals surface area contributed by atoms with Crippen LogP contribution in [0.4, 0.5) is 5.69 Å². The molecule has 0 bridgehead atoms. The lowest BCUT2D eigenvalue weighted by molar-refractivity contribution is -0.141.